The van der Waals surface area contributed by atoms with Crippen molar-refractivity contribution in [1.82, 2.24) is 0 Å². The van der Waals surface area contributed by atoms with E-state index < -0.39 is 0 Å². The van der Waals surface area contributed by atoms with Gasteiger partial charge in [0.2, 0.25) is 0 Å². The SMILES string of the molecule is NC[C@@H]1CCN(c2ccc(Oc3ccccc3)cc2)C1. The van der Waals surface area contributed by atoms with E-state index in [9.17, 15) is 0 Å². The van der Waals surface area contributed by atoms with Gasteiger partial charge in [0.15, 0.2) is 0 Å². The lowest BCUT2D eigenvalue weighted by Gasteiger charge is -2.18. The van der Waals surface area contributed by atoms with Crippen LogP contribution in [-0.2, 0) is 0 Å². The van der Waals surface area contributed by atoms with E-state index >= 15 is 0 Å². The topological polar surface area (TPSA) is 38.5 Å². The van der Waals surface area contributed by atoms with Gasteiger partial charge in [-0.1, -0.05) is 18.2 Å². The molecule has 2 aromatic carbocycles. The largest absolute Gasteiger partial charge is 0.457 e. The molecule has 3 heteroatoms. The molecule has 20 heavy (non-hydrogen) atoms. The van der Waals surface area contributed by atoms with E-state index in [2.05, 4.69) is 17.0 Å². The summed E-state index contributed by atoms with van der Waals surface area (Å²) >= 11 is 0. The van der Waals surface area contributed by atoms with Crippen LogP contribution in [0.25, 0.3) is 0 Å². The lowest BCUT2D eigenvalue weighted by atomic mass is 10.1. The van der Waals surface area contributed by atoms with Crippen molar-refractivity contribution in [1.29, 1.82) is 0 Å². The van der Waals surface area contributed by atoms with Crippen molar-refractivity contribution in [3.05, 3.63) is 54.6 Å². The minimum absolute atomic E-state index is 0.634. The zero-order valence-corrected chi connectivity index (χ0v) is 11.5. The first-order valence-electron chi connectivity index (χ1n) is 7.13. The molecule has 3 rings (SSSR count). The molecule has 1 fully saturated rings. The van der Waals surface area contributed by atoms with Gasteiger partial charge in [-0.05, 0) is 55.3 Å². The van der Waals surface area contributed by atoms with Gasteiger partial charge in [-0.3, -0.25) is 0 Å². The number of rotatable bonds is 4. The summed E-state index contributed by atoms with van der Waals surface area (Å²) < 4.78 is 5.80. The number of para-hydroxylation sites is 1. The van der Waals surface area contributed by atoms with E-state index in [0.29, 0.717) is 5.92 Å². The Balaban J connectivity index is 1.66. The summed E-state index contributed by atoms with van der Waals surface area (Å²) in [6, 6.07) is 18.1. The maximum absolute atomic E-state index is 5.80. The molecule has 1 heterocycles. The van der Waals surface area contributed by atoms with Gasteiger partial charge in [0, 0.05) is 18.8 Å². The summed E-state index contributed by atoms with van der Waals surface area (Å²) in [6.45, 7) is 2.95. The molecular weight excluding hydrogens is 248 g/mol. The number of hydrogen-bond donors (Lipinski definition) is 1. The first-order chi connectivity index (χ1) is 9.85. The molecule has 3 nitrogen and oxygen atoms in total. The summed E-state index contributed by atoms with van der Waals surface area (Å²) in [5.41, 5.74) is 6.99. The smallest absolute Gasteiger partial charge is 0.127 e. The number of nitrogens with two attached hydrogens (primary N) is 1. The number of hydrogen-bond acceptors (Lipinski definition) is 3. The van der Waals surface area contributed by atoms with Gasteiger partial charge >= 0.3 is 0 Å². The third-order valence-electron chi connectivity index (χ3n) is 3.80. The molecule has 1 aliphatic rings. The van der Waals surface area contributed by atoms with Crippen molar-refractivity contribution in [3.8, 4) is 11.5 Å². The standard InChI is InChI=1S/C17H20N2O/c18-12-14-10-11-19(13-14)15-6-8-17(9-7-15)20-16-4-2-1-3-5-16/h1-9,14H,10-13,18H2/t14-/m0/s1. The fourth-order valence-electron chi connectivity index (χ4n) is 2.61. The third-order valence-corrected chi connectivity index (χ3v) is 3.80. The monoisotopic (exact) mass is 268 g/mol. The second-order valence-corrected chi connectivity index (χ2v) is 5.25. The van der Waals surface area contributed by atoms with Gasteiger partial charge in [-0.2, -0.15) is 0 Å². The molecule has 0 bridgehead atoms. The molecule has 1 atom stereocenters. The van der Waals surface area contributed by atoms with Crippen LogP contribution < -0.4 is 15.4 Å². The molecule has 2 aromatic rings. The fourth-order valence-corrected chi connectivity index (χ4v) is 2.61. The zero-order chi connectivity index (χ0) is 13.8. The predicted octanol–water partition coefficient (Wildman–Crippen LogP) is 3.26. The first-order valence-corrected chi connectivity index (χ1v) is 7.13. The van der Waals surface area contributed by atoms with E-state index in [0.717, 1.165) is 31.1 Å². The Bertz CT molecular complexity index is 539. The highest BCUT2D eigenvalue weighted by atomic mass is 16.5. The van der Waals surface area contributed by atoms with E-state index in [4.69, 9.17) is 10.5 Å². The maximum atomic E-state index is 5.80. The van der Waals surface area contributed by atoms with Crippen LogP contribution >= 0.6 is 0 Å². The Labute approximate surface area is 120 Å². The Morgan fingerprint density at radius 1 is 1.00 bits per heavy atom. The van der Waals surface area contributed by atoms with Crippen molar-refractivity contribution in [2.75, 3.05) is 24.5 Å². The average molecular weight is 268 g/mol. The van der Waals surface area contributed by atoms with Crippen LogP contribution in [0.4, 0.5) is 5.69 Å². The van der Waals surface area contributed by atoms with Crippen molar-refractivity contribution < 1.29 is 4.74 Å². The van der Waals surface area contributed by atoms with Gasteiger partial charge in [0.1, 0.15) is 11.5 Å². The molecule has 0 saturated carbocycles. The highest BCUT2D eigenvalue weighted by molar-refractivity contribution is 5.50. The molecular formula is C17H20N2O. The minimum Gasteiger partial charge on any atom is -0.457 e. The maximum Gasteiger partial charge on any atom is 0.127 e. The van der Waals surface area contributed by atoms with Crippen molar-refractivity contribution >= 4 is 5.69 Å². The molecule has 1 saturated heterocycles. The molecule has 0 amide bonds. The highest BCUT2D eigenvalue weighted by Crippen LogP contribution is 2.27. The van der Waals surface area contributed by atoms with E-state index in [1.807, 2.05) is 42.5 Å². The quantitative estimate of drug-likeness (QED) is 0.925. The fraction of sp³-hybridized carbons (Fsp3) is 0.294. The lowest BCUT2D eigenvalue weighted by molar-refractivity contribution is 0.482. The number of nitrogens with zero attached hydrogens (tertiary/aromatic N) is 1. The van der Waals surface area contributed by atoms with Gasteiger partial charge in [0.25, 0.3) is 0 Å². The number of benzene rings is 2. The predicted molar refractivity (Wildman–Crippen MR) is 82.3 cm³/mol. The molecule has 0 spiro atoms. The second-order valence-electron chi connectivity index (χ2n) is 5.25. The molecule has 0 unspecified atom stereocenters. The first kappa shape index (κ1) is 13.0. The van der Waals surface area contributed by atoms with Crippen LogP contribution in [0.2, 0.25) is 0 Å². The van der Waals surface area contributed by atoms with E-state index in [1.54, 1.807) is 0 Å². The lowest BCUT2D eigenvalue weighted by Crippen LogP contribution is -2.22. The Hall–Kier alpha value is -2.00. The third kappa shape index (κ3) is 2.94. The Morgan fingerprint density at radius 3 is 2.35 bits per heavy atom. The molecule has 104 valence electrons. The molecule has 0 aliphatic carbocycles. The van der Waals surface area contributed by atoms with Crippen LogP contribution in [0.15, 0.2) is 54.6 Å². The van der Waals surface area contributed by atoms with Crippen LogP contribution in [0.3, 0.4) is 0 Å². The number of ether oxygens (including phenoxy) is 1. The van der Waals surface area contributed by atoms with Gasteiger partial charge < -0.3 is 15.4 Å². The number of anilines is 1. The second kappa shape index (κ2) is 5.97. The summed E-state index contributed by atoms with van der Waals surface area (Å²) in [5.74, 6) is 2.37. The highest BCUT2D eigenvalue weighted by Gasteiger charge is 2.21. The zero-order valence-electron chi connectivity index (χ0n) is 11.5. The molecule has 0 radical (unpaired) electrons. The van der Waals surface area contributed by atoms with Crippen molar-refractivity contribution in [3.63, 3.8) is 0 Å². The summed E-state index contributed by atoms with van der Waals surface area (Å²) in [6.07, 6.45) is 1.19. The Kier molecular flexibility index (Phi) is 3.88. The van der Waals surface area contributed by atoms with Crippen LogP contribution in [-0.4, -0.2) is 19.6 Å². The van der Waals surface area contributed by atoms with Crippen molar-refractivity contribution in [2.45, 2.75) is 6.42 Å². The summed E-state index contributed by atoms with van der Waals surface area (Å²) in [7, 11) is 0. The average Bonchev–Trinajstić information content (AvgIpc) is 2.98. The van der Waals surface area contributed by atoms with Gasteiger partial charge in [-0.25, -0.2) is 0 Å². The minimum atomic E-state index is 0.634. The Morgan fingerprint density at radius 2 is 1.70 bits per heavy atom. The van der Waals surface area contributed by atoms with E-state index in [-0.39, 0.29) is 0 Å². The molecule has 0 aromatic heterocycles. The van der Waals surface area contributed by atoms with Gasteiger partial charge in [-0.15, -0.1) is 0 Å². The molecule has 2 N–H and O–H groups in total. The van der Waals surface area contributed by atoms with Crippen LogP contribution in [0.1, 0.15) is 6.42 Å². The summed E-state index contributed by atoms with van der Waals surface area (Å²) in [5, 5.41) is 0. The normalized spacial score (nSPS) is 18.2. The van der Waals surface area contributed by atoms with E-state index in [1.165, 1.54) is 12.1 Å². The van der Waals surface area contributed by atoms with Crippen LogP contribution in [0, 0.1) is 5.92 Å². The molecule has 1 aliphatic heterocycles. The van der Waals surface area contributed by atoms with Crippen molar-refractivity contribution in [2.24, 2.45) is 11.7 Å². The van der Waals surface area contributed by atoms with Gasteiger partial charge in [0.05, 0.1) is 0 Å². The summed E-state index contributed by atoms with van der Waals surface area (Å²) in [4.78, 5) is 2.39. The van der Waals surface area contributed by atoms with Crippen LogP contribution in [0.5, 0.6) is 11.5 Å².